The van der Waals surface area contributed by atoms with Gasteiger partial charge in [0.1, 0.15) is 6.04 Å². The molecule has 1 fully saturated rings. The Balaban J connectivity index is 1.54. The van der Waals surface area contributed by atoms with Gasteiger partial charge >= 0.3 is 5.97 Å². The zero-order valence-electron chi connectivity index (χ0n) is 16.6. The minimum absolute atomic E-state index is 0.248. The molecule has 0 amide bonds. The molecule has 1 saturated heterocycles. The van der Waals surface area contributed by atoms with Crippen molar-refractivity contribution >= 4 is 33.2 Å². The Labute approximate surface area is 180 Å². The molecule has 0 aliphatic carbocycles. The highest BCUT2D eigenvalue weighted by Crippen LogP contribution is 2.40. The van der Waals surface area contributed by atoms with Crippen LogP contribution in [0.2, 0.25) is 0 Å². The average molecular weight is 445 g/mol. The van der Waals surface area contributed by atoms with Crippen LogP contribution >= 0.6 is 21.6 Å². The molecule has 0 radical (unpaired) electrons. The Morgan fingerprint density at radius 2 is 1.76 bits per heavy atom. The van der Waals surface area contributed by atoms with Crippen LogP contribution in [-0.4, -0.2) is 56.5 Å². The van der Waals surface area contributed by atoms with Gasteiger partial charge in [-0.3, -0.25) is 0 Å². The van der Waals surface area contributed by atoms with Gasteiger partial charge in [0.05, 0.1) is 0 Å². The van der Waals surface area contributed by atoms with Crippen LogP contribution in [0.5, 0.6) is 17.2 Å². The molecule has 2 atom stereocenters. The third-order valence-corrected chi connectivity index (χ3v) is 7.92. The fourth-order valence-corrected chi connectivity index (χ4v) is 6.26. The average Bonchev–Trinajstić information content (AvgIpc) is 3.19. The van der Waals surface area contributed by atoms with Crippen molar-refractivity contribution in [3.63, 3.8) is 0 Å². The smallest absolute Gasteiger partial charge is 0.326 e. The fourth-order valence-electron chi connectivity index (χ4n) is 3.23. The number of rotatable bonds is 14. The van der Waals surface area contributed by atoms with Gasteiger partial charge in [-0.1, -0.05) is 34.4 Å². The number of anilines is 1. The van der Waals surface area contributed by atoms with Gasteiger partial charge in [0.2, 0.25) is 0 Å². The molecule has 0 saturated carbocycles. The van der Waals surface area contributed by atoms with Crippen LogP contribution in [0.15, 0.2) is 12.1 Å². The number of aliphatic carboxylic acids is 1. The second-order valence-electron chi connectivity index (χ2n) is 7.32. The standard InChI is InChI=1S/C20H32N2O5S2/c23-17-12-14(13-18(24)19(17)25)22-16(20(26)27)7-3-5-10-21-9-4-1-2-6-15-8-11-28-29-15/h12-13,15-16,21-25H,1-11H2,(H,26,27)/t15-,16?/m1/s1. The van der Waals surface area contributed by atoms with E-state index in [9.17, 15) is 25.2 Å². The molecule has 0 spiro atoms. The van der Waals surface area contributed by atoms with Gasteiger partial charge in [-0.2, -0.15) is 0 Å². The van der Waals surface area contributed by atoms with Crippen LogP contribution in [0.25, 0.3) is 0 Å². The van der Waals surface area contributed by atoms with Crippen LogP contribution in [0.1, 0.15) is 51.4 Å². The van der Waals surface area contributed by atoms with Gasteiger partial charge in [-0.15, -0.1) is 0 Å². The lowest BCUT2D eigenvalue weighted by molar-refractivity contribution is -0.138. The summed E-state index contributed by atoms with van der Waals surface area (Å²) in [5.74, 6) is -1.31. The Bertz CT molecular complexity index is 618. The Hall–Kier alpha value is -1.45. The Morgan fingerprint density at radius 3 is 2.38 bits per heavy atom. The van der Waals surface area contributed by atoms with Gasteiger partial charge in [0.15, 0.2) is 17.2 Å². The monoisotopic (exact) mass is 444 g/mol. The van der Waals surface area contributed by atoms with Crippen molar-refractivity contribution in [2.45, 2.75) is 62.7 Å². The third kappa shape index (κ3) is 8.84. The van der Waals surface area contributed by atoms with E-state index in [-0.39, 0.29) is 5.69 Å². The van der Waals surface area contributed by atoms with E-state index in [1.807, 2.05) is 21.6 Å². The first-order valence-corrected chi connectivity index (χ1v) is 12.6. The van der Waals surface area contributed by atoms with E-state index in [0.717, 1.165) is 31.2 Å². The van der Waals surface area contributed by atoms with Crippen LogP contribution in [0, 0.1) is 0 Å². The normalized spacial score (nSPS) is 17.3. The van der Waals surface area contributed by atoms with E-state index >= 15 is 0 Å². The Kier molecular flexibility index (Phi) is 10.7. The molecule has 1 heterocycles. The zero-order chi connectivity index (χ0) is 21.1. The first-order valence-electron chi connectivity index (χ1n) is 10.2. The van der Waals surface area contributed by atoms with Crippen molar-refractivity contribution in [1.29, 1.82) is 0 Å². The molecule has 1 aliphatic heterocycles. The summed E-state index contributed by atoms with van der Waals surface area (Å²) in [6.07, 6.45) is 8.47. The topological polar surface area (TPSA) is 122 Å². The molecule has 29 heavy (non-hydrogen) atoms. The number of nitrogens with one attached hydrogen (secondary N) is 2. The van der Waals surface area contributed by atoms with Crippen molar-refractivity contribution in [3.05, 3.63) is 12.1 Å². The summed E-state index contributed by atoms with van der Waals surface area (Å²) < 4.78 is 0. The SMILES string of the molecule is O=C(O)C(CCCCNCCCCC[C@@H]1CCSS1)Nc1cc(O)c(O)c(O)c1. The van der Waals surface area contributed by atoms with Crippen molar-refractivity contribution in [1.82, 2.24) is 5.32 Å². The molecule has 0 bridgehead atoms. The number of unbranched alkanes of at least 4 members (excludes halogenated alkanes) is 3. The van der Waals surface area contributed by atoms with Crippen molar-refractivity contribution < 1.29 is 25.2 Å². The highest BCUT2D eigenvalue weighted by molar-refractivity contribution is 8.77. The highest BCUT2D eigenvalue weighted by atomic mass is 33.1. The molecule has 164 valence electrons. The van der Waals surface area contributed by atoms with Crippen LogP contribution in [0.4, 0.5) is 5.69 Å². The number of carboxylic acid groups (broad SMARTS) is 1. The number of carbonyl (C=O) groups is 1. The predicted octanol–water partition coefficient (Wildman–Crippen LogP) is 4.14. The molecule has 2 rings (SSSR count). The number of phenols is 3. The van der Waals surface area contributed by atoms with Crippen LogP contribution in [0.3, 0.4) is 0 Å². The van der Waals surface area contributed by atoms with E-state index in [1.54, 1.807) is 0 Å². The lowest BCUT2D eigenvalue weighted by atomic mass is 10.1. The van der Waals surface area contributed by atoms with Crippen molar-refractivity contribution in [2.24, 2.45) is 0 Å². The number of aromatic hydroxyl groups is 3. The maximum absolute atomic E-state index is 11.4. The summed E-state index contributed by atoms with van der Waals surface area (Å²) in [5, 5.41) is 44.9. The van der Waals surface area contributed by atoms with E-state index < -0.39 is 29.3 Å². The van der Waals surface area contributed by atoms with Gasteiger partial charge < -0.3 is 31.1 Å². The molecule has 1 aromatic carbocycles. The Morgan fingerprint density at radius 1 is 1.07 bits per heavy atom. The second kappa shape index (κ2) is 13.0. The van der Waals surface area contributed by atoms with E-state index in [4.69, 9.17) is 0 Å². The number of hydrogen-bond acceptors (Lipinski definition) is 8. The first kappa shape index (κ1) is 23.8. The minimum atomic E-state index is -0.996. The molecule has 9 heteroatoms. The largest absolute Gasteiger partial charge is 0.504 e. The van der Waals surface area contributed by atoms with Crippen LogP contribution in [-0.2, 0) is 4.79 Å². The maximum Gasteiger partial charge on any atom is 0.326 e. The minimum Gasteiger partial charge on any atom is -0.504 e. The number of hydrogen-bond donors (Lipinski definition) is 6. The highest BCUT2D eigenvalue weighted by Gasteiger charge is 2.18. The molecule has 7 nitrogen and oxygen atoms in total. The molecule has 6 N–H and O–H groups in total. The van der Waals surface area contributed by atoms with E-state index in [0.29, 0.717) is 6.42 Å². The lowest BCUT2D eigenvalue weighted by Crippen LogP contribution is -2.29. The summed E-state index contributed by atoms with van der Waals surface area (Å²) >= 11 is 0. The molecular weight excluding hydrogens is 412 g/mol. The number of carboxylic acids is 1. The summed E-state index contributed by atoms with van der Waals surface area (Å²) in [7, 11) is 4.04. The van der Waals surface area contributed by atoms with Gasteiger partial charge in [0.25, 0.3) is 0 Å². The quantitative estimate of drug-likeness (QED) is 0.109. The summed E-state index contributed by atoms with van der Waals surface area (Å²) in [5.41, 5.74) is 0.248. The number of benzene rings is 1. The summed E-state index contributed by atoms with van der Waals surface area (Å²) in [6, 6.07) is 1.55. The zero-order valence-corrected chi connectivity index (χ0v) is 18.2. The van der Waals surface area contributed by atoms with Crippen LogP contribution < -0.4 is 10.6 Å². The molecule has 0 aromatic heterocycles. The predicted molar refractivity (Wildman–Crippen MR) is 120 cm³/mol. The van der Waals surface area contributed by atoms with Gasteiger partial charge in [-0.05, 0) is 51.6 Å². The van der Waals surface area contributed by atoms with Crippen molar-refractivity contribution in [3.8, 4) is 17.2 Å². The molecule has 1 aliphatic rings. The van der Waals surface area contributed by atoms with E-state index in [1.165, 1.54) is 50.0 Å². The molecular formula is C20H32N2O5S2. The maximum atomic E-state index is 11.4. The third-order valence-electron chi connectivity index (χ3n) is 4.91. The van der Waals surface area contributed by atoms with Gasteiger partial charge in [-0.25, -0.2) is 4.79 Å². The lowest BCUT2D eigenvalue weighted by Gasteiger charge is -2.16. The first-order chi connectivity index (χ1) is 14.0. The van der Waals surface area contributed by atoms with E-state index in [2.05, 4.69) is 10.6 Å². The number of phenolic OH excluding ortho intramolecular Hbond substituents is 3. The molecule has 1 aromatic rings. The van der Waals surface area contributed by atoms with Crippen molar-refractivity contribution in [2.75, 3.05) is 24.2 Å². The fraction of sp³-hybridized carbons (Fsp3) is 0.650. The molecule has 1 unspecified atom stereocenters. The summed E-state index contributed by atoms with van der Waals surface area (Å²) in [6.45, 7) is 1.86. The summed E-state index contributed by atoms with van der Waals surface area (Å²) in [4.78, 5) is 11.4. The van der Waals surface area contributed by atoms with Gasteiger partial charge in [0, 0.05) is 28.8 Å². The second-order valence-corrected chi connectivity index (χ2v) is 10.1.